The van der Waals surface area contributed by atoms with Gasteiger partial charge >= 0.3 is 5.76 Å². The Balaban J connectivity index is 1.53. The highest BCUT2D eigenvalue weighted by Gasteiger charge is 2.18. The average Bonchev–Trinajstić information content (AvgIpc) is 3.25. The lowest BCUT2D eigenvalue weighted by Gasteiger charge is -2.04. The number of halogens is 1. The van der Waals surface area contributed by atoms with Crippen LogP contribution in [-0.2, 0) is 16.6 Å². The van der Waals surface area contributed by atoms with E-state index in [4.69, 9.17) is 8.94 Å². The lowest BCUT2D eigenvalue weighted by molar-refractivity contribution is 0.375. The summed E-state index contributed by atoms with van der Waals surface area (Å²) < 4.78 is 50.6. The second kappa shape index (κ2) is 6.45. The van der Waals surface area contributed by atoms with Crippen molar-refractivity contribution < 1.29 is 21.7 Å². The molecule has 27 heavy (non-hydrogen) atoms. The van der Waals surface area contributed by atoms with Gasteiger partial charge in [-0.2, -0.15) is 4.98 Å². The van der Waals surface area contributed by atoms with Crippen molar-refractivity contribution in [2.24, 2.45) is 0 Å². The van der Waals surface area contributed by atoms with Crippen molar-refractivity contribution in [3.63, 3.8) is 0 Å². The maximum absolute atomic E-state index is 13.7. The first-order chi connectivity index (χ1) is 12.9. The molecule has 0 aliphatic rings. The molecule has 9 nitrogen and oxygen atoms in total. The molecular weight excluding hydrogens is 379 g/mol. The van der Waals surface area contributed by atoms with E-state index in [0.717, 1.165) is 0 Å². The molecule has 4 rings (SSSR count). The third-order valence-corrected chi connectivity index (χ3v) is 5.10. The van der Waals surface area contributed by atoms with Crippen LogP contribution in [0.1, 0.15) is 5.89 Å². The number of rotatable bonds is 5. The molecule has 2 heterocycles. The first kappa shape index (κ1) is 17.1. The van der Waals surface area contributed by atoms with Crippen molar-refractivity contribution in [1.29, 1.82) is 0 Å². The topological polar surface area (TPSA) is 131 Å². The molecule has 0 saturated heterocycles. The fourth-order valence-corrected chi connectivity index (χ4v) is 3.40. The third kappa shape index (κ3) is 3.37. The molecule has 0 aliphatic heterocycles. The Morgan fingerprint density at radius 2 is 2.00 bits per heavy atom. The predicted molar refractivity (Wildman–Crippen MR) is 90.6 cm³/mol. The number of aromatic amines is 1. The minimum absolute atomic E-state index is 0.0119. The van der Waals surface area contributed by atoms with E-state index in [1.54, 1.807) is 6.07 Å². The van der Waals surface area contributed by atoms with E-state index in [2.05, 4.69) is 19.8 Å². The maximum atomic E-state index is 13.7. The van der Waals surface area contributed by atoms with Gasteiger partial charge in [0.1, 0.15) is 5.82 Å². The summed E-state index contributed by atoms with van der Waals surface area (Å²) in [6.07, 6.45) is 0. The minimum atomic E-state index is -3.93. The van der Waals surface area contributed by atoms with Crippen molar-refractivity contribution in [2.75, 3.05) is 0 Å². The van der Waals surface area contributed by atoms with Crippen LogP contribution in [0, 0.1) is 5.82 Å². The second-order valence-electron chi connectivity index (χ2n) is 5.49. The van der Waals surface area contributed by atoms with Crippen LogP contribution in [0.2, 0.25) is 0 Å². The number of sulfonamides is 1. The normalized spacial score (nSPS) is 11.9. The number of benzene rings is 2. The summed E-state index contributed by atoms with van der Waals surface area (Å²) in [5, 5.41) is 3.65. The molecule has 0 saturated carbocycles. The summed E-state index contributed by atoms with van der Waals surface area (Å²) in [4.78, 5) is 17.5. The zero-order valence-corrected chi connectivity index (χ0v) is 14.3. The van der Waals surface area contributed by atoms with Gasteiger partial charge in [-0.15, -0.1) is 0 Å². The van der Waals surface area contributed by atoms with Gasteiger partial charge in [0.2, 0.25) is 21.7 Å². The number of hydrogen-bond donors (Lipinski definition) is 2. The number of aromatic nitrogens is 3. The molecule has 0 radical (unpaired) electrons. The monoisotopic (exact) mass is 390 g/mol. The van der Waals surface area contributed by atoms with Crippen LogP contribution in [0.3, 0.4) is 0 Å². The summed E-state index contributed by atoms with van der Waals surface area (Å²) in [6.45, 7) is -0.293. The number of hydrogen-bond acceptors (Lipinski definition) is 7. The lowest BCUT2D eigenvalue weighted by Crippen LogP contribution is -2.23. The molecule has 0 spiro atoms. The number of fused-ring (bicyclic) bond motifs is 1. The molecule has 0 unspecified atom stereocenters. The van der Waals surface area contributed by atoms with Gasteiger partial charge in [0.15, 0.2) is 5.58 Å². The summed E-state index contributed by atoms with van der Waals surface area (Å²) in [5.41, 5.74) is 0.635. The molecule has 2 aromatic heterocycles. The van der Waals surface area contributed by atoms with Gasteiger partial charge < -0.3 is 8.94 Å². The van der Waals surface area contributed by atoms with Crippen LogP contribution in [0.15, 0.2) is 61.1 Å². The highest BCUT2D eigenvalue weighted by atomic mass is 32.2. The van der Waals surface area contributed by atoms with Crippen molar-refractivity contribution in [3.8, 4) is 11.4 Å². The van der Waals surface area contributed by atoms with E-state index in [9.17, 15) is 17.6 Å². The maximum Gasteiger partial charge on any atom is 0.417 e. The molecular formula is C16H11FN4O5S. The smallest absolute Gasteiger partial charge is 0.408 e. The van der Waals surface area contributed by atoms with E-state index in [1.165, 1.54) is 36.4 Å². The highest BCUT2D eigenvalue weighted by molar-refractivity contribution is 7.89. The van der Waals surface area contributed by atoms with Gasteiger partial charge in [-0.3, -0.25) is 4.98 Å². The average molecular weight is 390 g/mol. The van der Waals surface area contributed by atoms with Gasteiger partial charge in [-0.1, -0.05) is 17.3 Å². The Morgan fingerprint density at radius 3 is 2.81 bits per heavy atom. The summed E-state index contributed by atoms with van der Waals surface area (Å²) >= 11 is 0. The molecule has 4 aromatic rings. The minimum Gasteiger partial charge on any atom is -0.408 e. The van der Waals surface area contributed by atoms with Gasteiger partial charge in [-0.25, -0.2) is 22.3 Å². The number of oxazole rings is 1. The number of H-pyrrole nitrogens is 1. The third-order valence-electron chi connectivity index (χ3n) is 3.70. The van der Waals surface area contributed by atoms with Crippen LogP contribution < -0.4 is 10.5 Å². The summed E-state index contributed by atoms with van der Waals surface area (Å²) in [6, 6.07) is 9.82. The Bertz CT molecular complexity index is 1290. The second-order valence-corrected chi connectivity index (χ2v) is 7.26. The molecule has 138 valence electrons. The van der Waals surface area contributed by atoms with Crippen molar-refractivity contribution in [1.82, 2.24) is 19.8 Å². The van der Waals surface area contributed by atoms with Crippen LogP contribution in [0.4, 0.5) is 4.39 Å². The van der Waals surface area contributed by atoms with Gasteiger partial charge in [0.25, 0.3) is 0 Å². The first-order valence-electron chi connectivity index (χ1n) is 7.62. The Morgan fingerprint density at radius 1 is 1.19 bits per heavy atom. The van der Waals surface area contributed by atoms with Gasteiger partial charge in [-0.05, 0) is 24.3 Å². The van der Waals surface area contributed by atoms with Crippen molar-refractivity contribution in [2.45, 2.75) is 11.4 Å². The summed E-state index contributed by atoms with van der Waals surface area (Å²) in [5.74, 6) is -1.23. The van der Waals surface area contributed by atoms with Crippen LogP contribution in [-0.4, -0.2) is 23.5 Å². The Hall–Kier alpha value is -3.31. The Labute approximate surface area is 150 Å². The van der Waals surface area contributed by atoms with E-state index in [-0.39, 0.29) is 34.3 Å². The summed E-state index contributed by atoms with van der Waals surface area (Å²) in [7, 11) is -3.93. The quantitative estimate of drug-likeness (QED) is 0.531. The molecule has 0 amide bonds. The first-order valence-corrected chi connectivity index (χ1v) is 9.11. The van der Waals surface area contributed by atoms with Gasteiger partial charge in [0, 0.05) is 6.07 Å². The Kier molecular flexibility index (Phi) is 4.09. The van der Waals surface area contributed by atoms with E-state index >= 15 is 0 Å². The standard InChI is InChI=1S/C16H11FN4O5S/c17-11-4-2-1-3-10(11)15-20-14(26-21-15)8-18-27(23,24)9-5-6-12-13(7-9)25-16(22)19-12/h1-7,18H,8H2,(H,19,22). The molecule has 11 heteroatoms. The SMILES string of the molecule is O=c1[nH]c2ccc(S(=O)(=O)NCc3nc(-c4ccccc4F)no3)cc2o1. The zero-order chi connectivity index (χ0) is 19.0. The van der Waals surface area contributed by atoms with E-state index in [1.807, 2.05) is 0 Å². The molecule has 0 fully saturated rings. The molecule has 2 aromatic carbocycles. The van der Waals surface area contributed by atoms with Crippen LogP contribution >= 0.6 is 0 Å². The van der Waals surface area contributed by atoms with Crippen LogP contribution in [0.5, 0.6) is 0 Å². The fraction of sp³-hybridized carbons (Fsp3) is 0.0625. The van der Waals surface area contributed by atoms with Crippen LogP contribution in [0.25, 0.3) is 22.5 Å². The van der Waals surface area contributed by atoms with E-state index in [0.29, 0.717) is 5.52 Å². The highest BCUT2D eigenvalue weighted by Crippen LogP contribution is 2.20. The molecule has 0 atom stereocenters. The molecule has 0 bridgehead atoms. The van der Waals surface area contributed by atoms with E-state index < -0.39 is 21.6 Å². The van der Waals surface area contributed by atoms with Crippen molar-refractivity contribution in [3.05, 3.63) is 64.7 Å². The van der Waals surface area contributed by atoms with Crippen molar-refractivity contribution >= 4 is 21.1 Å². The predicted octanol–water partition coefficient (Wildman–Crippen LogP) is 1.79. The van der Waals surface area contributed by atoms with Gasteiger partial charge in [0.05, 0.1) is 22.5 Å². The largest absolute Gasteiger partial charge is 0.417 e. The number of nitrogens with one attached hydrogen (secondary N) is 2. The lowest BCUT2D eigenvalue weighted by atomic mass is 10.2. The fourth-order valence-electron chi connectivity index (χ4n) is 2.41. The number of nitrogens with zero attached hydrogens (tertiary/aromatic N) is 2. The zero-order valence-electron chi connectivity index (χ0n) is 13.5. The molecule has 0 aliphatic carbocycles. The molecule has 2 N–H and O–H groups in total.